The summed E-state index contributed by atoms with van der Waals surface area (Å²) in [7, 11) is 0. The van der Waals surface area contributed by atoms with Crippen LogP contribution in [0, 0.1) is 13.8 Å². The van der Waals surface area contributed by atoms with Crippen molar-refractivity contribution in [3.63, 3.8) is 0 Å². The van der Waals surface area contributed by atoms with Crippen LogP contribution in [0.2, 0.25) is 0 Å². The summed E-state index contributed by atoms with van der Waals surface area (Å²) in [4.78, 5) is 36.7. The molecule has 7 nitrogen and oxygen atoms in total. The molecule has 0 saturated carbocycles. The van der Waals surface area contributed by atoms with Crippen LogP contribution in [0.1, 0.15) is 37.4 Å². The Morgan fingerprint density at radius 1 is 0.971 bits per heavy atom. The van der Waals surface area contributed by atoms with Gasteiger partial charge in [-0.15, -0.1) is 0 Å². The van der Waals surface area contributed by atoms with Crippen LogP contribution in [0.5, 0.6) is 0 Å². The van der Waals surface area contributed by atoms with Gasteiger partial charge in [0.05, 0.1) is 23.5 Å². The number of para-hydroxylation sites is 2. The SMILES string of the molecule is Cc1ccc(C)c(C(=O)Nc2ccc(C(=O)N3Cc4cccnc4Nc4ccccc43)cn2)c1. The monoisotopic (exact) mass is 449 g/mol. The van der Waals surface area contributed by atoms with Gasteiger partial charge < -0.3 is 15.5 Å². The topological polar surface area (TPSA) is 87.2 Å². The molecule has 0 radical (unpaired) electrons. The maximum Gasteiger partial charge on any atom is 0.260 e. The predicted molar refractivity (Wildman–Crippen MR) is 133 cm³/mol. The number of aromatic nitrogens is 2. The van der Waals surface area contributed by atoms with E-state index in [0.29, 0.717) is 23.5 Å². The number of amides is 2. The molecule has 1 aliphatic rings. The van der Waals surface area contributed by atoms with Crippen molar-refractivity contribution >= 4 is 34.8 Å². The maximum atomic E-state index is 13.5. The van der Waals surface area contributed by atoms with Crippen LogP contribution in [0.25, 0.3) is 0 Å². The lowest BCUT2D eigenvalue weighted by atomic mass is 10.1. The lowest BCUT2D eigenvalue weighted by molar-refractivity contribution is 0.0984. The summed E-state index contributed by atoms with van der Waals surface area (Å²) in [6.07, 6.45) is 3.22. The minimum Gasteiger partial charge on any atom is -0.338 e. The van der Waals surface area contributed by atoms with E-state index in [2.05, 4.69) is 20.6 Å². The number of carbonyl (C=O) groups is 2. The van der Waals surface area contributed by atoms with E-state index in [4.69, 9.17) is 0 Å². The fourth-order valence-corrected chi connectivity index (χ4v) is 3.97. The van der Waals surface area contributed by atoms with Crippen molar-refractivity contribution in [2.75, 3.05) is 15.5 Å². The number of nitrogens with one attached hydrogen (secondary N) is 2. The van der Waals surface area contributed by atoms with E-state index < -0.39 is 0 Å². The third-order valence-electron chi connectivity index (χ3n) is 5.80. The van der Waals surface area contributed by atoms with Crippen LogP contribution < -0.4 is 15.5 Å². The lowest BCUT2D eigenvalue weighted by Gasteiger charge is -2.22. The summed E-state index contributed by atoms with van der Waals surface area (Å²) in [6.45, 7) is 4.21. The predicted octanol–water partition coefficient (Wildman–Crippen LogP) is 5.25. The van der Waals surface area contributed by atoms with E-state index in [0.717, 1.165) is 33.9 Å². The van der Waals surface area contributed by atoms with Gasteiger partial charge in [0.1, 0.15) is 11.6 Å². The van der Waals surface area contributed by atoms with Crippen molar-refractivity contribution in [1.29, 1.82) is 0 Å². The molecule has 2 N–H and O–H groups in total. The minimum atomic E-state index is -0.232. The highest BCUT2D eigenvalue weighted by atomic mass is 16.2. The number of aryl methyl sites for hydroxylation is 2. The number of nitrogens with zero attached hydrogens (tertiary/aromatic N) is 3. The molecule has 3 heterocycles. The lowest BCUT2D eigenvalue weighted by Crippen LogP contribution is -2.30. The van der Waals surface area contributed by atoms with E-state index in [1.807, 2.05) is 68.4 Å². The Morgan fingerprint density at radius 2 is 1.82 bits per heavy atom. The number of anilines is 4. The van der Waals surface area contributed by atoms with Gasteiger partial charge in [-0.25, -0.2) is 9.97 Å². The summed E-state index contributed by atoms with van der Waals surface area (Å²) >= 11 is 0. The van der Waals surface area contributed by atoms with E-state index in [1.165, 1.54) is 6.20 Å². The fourth-order valence-electron chi connectivity index (χ4n) is 3.97. The van der Waals surface area contributed by atoms with Crippen LogP contribution >= 0.6 is 0 Å². The number of rotatable bonds is 3. The molecule has 0 fully saturated rings. The number of carbonyl (C=O) groups excluding carboxylic acids is 2. The zero-order valence-electron chi connectivity index (χ0n) is 18.9. The van der Waals surface area contributed by atoms with Crippen LogP contribution in [0.3, 0.4) is 0 Å². The molecule has 2 amide bonds. The van der Waals surface area contributed by atoms with Crippen LogP contribution in [0.15, 0.2) is 79.1 Å². The summed E-state index contributed by atoms with van der Waals surface area (Å²) in [5.41, 5.74) is 5.40. The molecule has 0 saturated heterocycles. The first kappa shape index (κ1) is 21.3. The highest BCUT2D eigenvalue weighted by molar-refractivity contribution is 6.09. The summed E-state index contributed by atoms with van der Waals surface area (Å²) in [5, 5.41) is 6.14. The first-order valence-electron chi connectivity index (χ1n) is 11.0. The third kappa shape index (κ3) is 4.11. The van der Waals surface area contributed by atoms with Gasteiger partial charge in [-0.05, 0) is 55.8 Å². The molecule has 5 rings (SSSR count). The Labute approximate surface area is 197 Å². The second-order valence-corrected chi connectivity index (χ2v) is 8.25. The van der Waals surface area contributed by atoms with Gasteiger partial charge in [0.2, 0.25) is 0 Å². The molecule has 7 heteroatoms. The van der Waals surface area contributed by atoms with Gasteiger partial charge in [0, 0.05) is 23.5 Å². The molecule has 0 aliphatic carbocycles. The average molecular weight is 450 g/mol. The van der Waals surface area contributed by atoms with Gasteiger partial charge in [-0.2, -0.15) is 0 Å². The quantitative estimate of drug-likeness (QED) is 0.446. The van der Waals surface area contributed by atoms with Crippen LogP contribution in [-0.2, 0) is 6.54 Å². The second-order valence-electron chi connectivity index (χ2n) is 8.25. The van der Waals surface area contributed by atoms with Crippen molar-refractivity contribution in [1.82, 2.24) is 9.97 Å². The molecule has 2 aromatic heterocycles. The van der Waals surface area contributed by atoms with Gasteiger partial charge in [-0.1, -0.05) is 35.9 Å². The van der Waals surface area contributed by atoms with Crippen molar-refractivity contribution in [2.45, 2.75) is 20.4 Å². The molecule has 0 unspecified atom stereocenters. The molecule has 0 spiro atoms. The van der Waals surface area contributed by atoms with E-state index in [-0.39, 0.29) is 11.8 Å². The zero-order chi connectivity index (χ0) is 23.7. The van der Waals surface area contributed by atoms with Crippen LogP contribution in [-0.4, -0.2) is 21.8 Å². The largest absolute Gasteiger partial charge is 0.338 e. The van der Waals surface area contributed by atoms with Crippen molar-refractivity contribution in [3.8, 4) is 0 Å². The molecular formula is C27H23N5O2. The first-order valence-corrected chi connectivity index (χ1v) is 11.0. The molecule has 2 aromatic carbocycles. The Morgan fingerprint density at radius 3 is 2.65 bits per heavy atom. The van der Waals surface area contributed by atoms with Crippen molar-refractivity contribution in [3.05, 3.63) is 107 Å². The number of hydrogen-bond donors (Lipinski definition) is 2. The normalized spacial score (nSPS) is 12.1. The second kappa shape index (κ2) is 8.78. The number of fused-ring (bicyclic) bond motifs is 2. The highest BCUT2D eigenvalue weighted by Gasteiger charge is 2.25. The van der Waals surface area contributed by atoms with E-state index in [9.17, 15) is 9.59 Å². The Hall–Kier alpha value is -4.52. The standard InChI is InChI=1S/C27H23N5O2/c1-17-9-10-18(2)21(14-17)26(33)31-24-12-11-19(15-29-24)27(34)32-16-20-6-5-13-28-25(20)30-22-7-3-4-8-23(22)32/h3-15H,16H2,1-2H3,(H,28,30)(H,29,31,33). The highest BCUT2D eigenvalue weighted by Crippen LogP contribution is 2.35. The molecule has 4 aromatic rings. The Kier molecular flexibility index (Phi) is 5.51. The molecular weight excluding hydrogens is 426 g/mol. The molecule has 34 heavy (non-hydrogen) atoms. The van der Waals surface area contributed by atoms with Gasteiger partial charge >= 0.3 is 0 Å². The number of pyridine rings is 2. The maximum absolute atomic E-state index is 13.5. The molecule has 168 valence electrons. The number of benzene rings is 2. The van der Waals surface area contributed by atoms with E-state index in [1.54, 1.807) is 23.2 Å². The first-order chi connectivity index (χ1) is 16.5. The van der Waals surface area contributed by atoms with Crippen molar-refractivity contribution < 1.29 is 9.59 Å². The van der Waals surface area contributed by atoms with Gasteiger partial charge in [-0.3, -0.25) is 9.59 Å². The number of hydrogen-bond acceptors (Lipinski definition) is 5. The Bertz CT molecular complexity index is 1400. The zero-order valence-corrected chi connectivity index (χ0v) is 18.9. The van der Waals surface area contributed by atoms with Gasteiger partial charge in [0.15, 0.2) is 0 Å². The molecule has 1 aliphatic heterocycles. The summed E-state index contributed by atoms with van der Waals surface area (Å²) in [6, 6.07) is 20.5. The smallest absolute Gasteiger partial charge is 0.260 e. The summed E-state index contributed by atoms with van der Waals surface area (Å²) < 4.78 is 0. The van der Waals surface area contributed by atoms with Gasteiger partial charge in [0.25, 0.3) is 11.8 Å². The van der Waals surface area contributed by atoms with E-state index >= 15 is 0 Å². The average Bonchev–Trinajstić information content (AvgIpc) is 3.02. The Balaban J connectivity index is 1.40. The van der Waals surface area contributed by atoms with Crippen molar-refractivity contribution in [2.24, 2.45) is 0 Å². The molecule has 0 bridgehead atoms. The third-order valence-corrected chi connectivity index (χ3v) is 5.80. The minimum absolute atomic E-state index is 0.189. The summed E-state index contributed by atoms with van der Waals surface area (Å²) in [5.74, 6) is 0.693. The fraction of sp³-hybridized carbons (Fsp3) is 0.111. The molecule has 0 atom stereocenters. The van der Waals surface area contributed by atoms with Crippen LogP contribution in [0.4, 0.5) is 23.0 Å².